The average Bonchev–Trinajstić information content (AvgIpc) is 2.19. The first-order valence-electron chi connectivity index (χ1n) is 4.70. The van der Waals surface area contributed by atoms with Crippen molar-refractivity contribution >= 4 is 17.3 Å². The molecule has 1 aromatic carbocycles. The summed E-state index contributed by atoms with van der Waals surface area (Å²) < 4.78 is 0. The van der Waals surface area contributed by atoms with Gasteiger partial charge < -0.3 is 5.32 Å². The minimum atomic E-state index is 0.799. The second kappa shape index (κ2) is 5.06. The molecule has 1 N–H and O–H groups in total. The van der Waals surface area contributed by atoms with Crippen molar-refractivity contribution in [2.45, 2.75) is 20.8 Å². The lowest BCUT2D eigenvalue weighted by molar-refractivity contribution is 1.19. The highest BCUT2D eigenvalue weighted by molar-refractivity contribution is 6.25. The summed E-state index contributed by atoms with van der Waals surface area (Å²) in [4.78, 5) is 0. The summed E-state index contributed by atoms with van der Waals surface area (Å²) in [6, 6.07) is 6.39. The van der Waals surface area contributed by atoms with Gasteiger partial charge in [-0.2, -0.15) is 0 Å². The molecule has 0 fully saturated rings. The molecule has 0 unspecified atom stereocenters. The molecule has 0 aliphatic carbocycles. The Hall–Kier alpha value is -0.950. The van der Waals surface area contributed by atoms with Gasteiger partial charge in [-0.15, -0.1) is 0 Å². The van der Waals surface area contributed by atoms with Crippen molar-refractivity contribution in [1.82, 2.24) is 0 Å². The van der Waals surface area contributed by atoms with Crippen molar-refractivity contribution < 1.29 is 0 Å². The summed E-state index contributed by atoms with van der Waals surface area (Å²) in [7, 11) is 0. The van der Waals surface area contributed by atoms with Gasteiger partial charge in [0, 0.05) is 17.8 Å². The Bertz CT molecular complexity index is 342. The van der Waals surface area contributed by atoms with Crippen LogP contribution >= 0.6 is 11.6 Å². The predicted octanol–water partition coefficient (Wildman–Crippen LogP) is 3.86. The molecule has 0 radical (unpaired) electrons. The Kier molecular flexibility index (Phi) is 4.02. The number of anilines is 1. The number of rotatable bonds is 3. The van der Waals surface area contributed by atoms with Gasteiger partial charge >= 0.3 is 0 Å². The molecular weight excluding hydrogens is 194 g/mol. The van der Waals surface area contributed by atoms with Crippen molar-refractivity contribution in [3.05, 3.63) is 40.4 Å². The Labute approximate surface area is 90.8 Å². The van der Waals surface area contributed by atoms with Crippen LogP contribution in [0.3, 0.4) is 0 Å². The first kappa shape index (κ1) is 11.1. The Morgan fingerprint density at radius 1 is 1.43 bits per heavy atom. The maximum absolute atomic E-state index is 5.59. The summed E-state index contributed by atoms with van der Waals surface area (Å²) in [5, 5.41) is 3.35. The summed E-state index contributed by atoms with van der Waals surface area (Å²) in [6.07, 6.45) is 0. The highest BCUT2D eigenvalue weighted by Gasteiger charge is 1.97. The average molecular weight is 210 g/mol. The van der Waals surface area contributed by atoms with Gasteiger partial charge in [0.25, 0.3) is 0 Å². The monoisotopic (exact) mass is 209 g/mol. The third-order valence-electron chi connectivity index (χ3n) is 2.14. The molecule has 1 rings (SSSR count). The van der Waals surface area contributed by atoms with Crippen LogP contribution in [0.25, 0.3) is 0 Å². The van der Waals surface area contributed by atoms with E-state index in [4.69, 9.17) is 11.6 Å². The topological polar surface area (TPSA) is 12.0 Å². The Morgan fingerprint density at radius 3 is 2.79 bits per heavy atom. The van der Waals surface area contributed by atoms with Crippen molar-refractivity contribution in [1.29, 1.82) is 0 Å². The van der Waals surface area contributed by atoms with Crippen molar-refractivity contribution in [2.24, 2.45) is 0 Å². The molecule has 1 aromatic rings. The minimum absolute atomic E-state index is 0.799. The molecule has 0 spiro atoms. The van der Waals surface area contributed by atoms with E-state index in [1.165, 1.54) is 16.8 Å². The third kappa shape index (κ3) is 3.08. The molecule has 0 heterocycles. The smallest absolute Gasteiger partial charge is 0.0375 e. The zero-order valence-electron chi connectivity index (χ0n) is 8.89. The van der Waals surface area contributed by atoms with Crippen LogP contribution in [-0.2, 0) is 0 Å². The molecule has 2 heteroatoms. The standard InChI is InChI=1S/C12H16ClN/c1-9-4-5-11(3)12(6-9)14-8-10(2)7-13/h4-7,14H,8H2,1-3H3/b10-7-. The van der Waals surface area contributed by atoms with Crippen LogP contribution in [0.5, 0.6) is 0 Å². The lowest BCUT2D eigenvalue weighted by atomic mass is 10.1. The molecule has 0 aliphatic rings. The fraction of sp³-hybridized carbons (Fsp3) is 0.333. The SMILES string of the molecule is C/C(=C/Cl)CNc1cc(C)ccc1C. The number of benzene rings is 1. The number of aryl methyl sites for hydroxylation is 2. The molecule has 1 nitrogen and oxygen atoms in total. The van der Waals surface area contributed by atoms with Crippen molar-refractivity contribution in [3.8, 4) is 0 Å². The zero-order chi connectivity index (χ0) is 10.6. The van der Waals surface area contributed by atoms with Gasteiger partial charge in [-0.3, -0.25) is 0 Å². The second-order valence-electron chi connectivity index (χ2n) is 3.63. The number of nitrogens with one attached hydrogen (secondary N) is 1. The fourth-order valence-electron chi connectivity index (χ4n) is 1.20. The van der Waals surface area contributed by atoms with Crippen molar-refractivity contribution in [3.63, 3.8) is 0 Å². The van der Waals surface area contributed by atoms with E-state index in [-0.39, 0.29) is 0 Å². The van der Waals surface area contributed by atoms with E-state index in [1.807, 2.05) is 6.92 Å². The molecular formula is C12H16ClN. The lowest BCUT2D eigenvalue weighted by Crippen LogP contribution is -2.03. The first-order chi connectivity index (χ1) is 6.63. The number of halogens is 1. The lowest BCUT2D eigenvalue weighted by Gasteiger charge is -2.10. The van der Waals surface area contributed by atoms with E-state index in [9.17, 15) is 0 Å². The Morgan fingerprint density at radius 2 is 2.14 bits per heavy atom. The van der Waals surface area contributed by atoms with E-state index in [2.05, 4.69) is 37.4 Å². The summed E-state index contributed by atoms with van der Waals surface area (Å²) in [5.41, 5.74) is 6.46. The van der Waals surface area contributed by atoms with E-state index in [1.54, 1.807) is 5.54 Å². The van der Waals surface area contributed by atoms with Gasteiger partial charge in [0.2, 0.25) is 0 Å². The molecule has 76 valence electrons. The van der Waals surface area contributed by atoms with Gasteiger partial charge in [0.15, 0.2) is 0 Å². The molecule has 14 heavy (non-hydrogen) atoms. The summed E-state index contributed by atoms with van der Waals surface area (Å²) in [6.45, 7) is 7.00. The van der Waals surface area contributed by atoms with Crippen LogP contribution in [-0.4, -0.2) is 6.54 Å². The summed E-state index contributed by atoms with van der Waals surface area (Å²) in [5.74, 6) is 0. The van der Waals surface area contributed by atoms with Crippen molar-refractivity contribution in [2.75, 3.05) is 11.9 Å². The van der Waals surface area contributed by atoms with Crippen LogP contribution in [0.4, 0.5) is 5.69 Å². The molecule has 0 saturated carbocycles. The molecule has 0 aliphatic heterocycles. The van der Waals surface area contributed by atoms with E-state index in [0.29, 0.717) is 0 Å². The third-order valence-corrected chi connectivity index (χ3v) is 2.51. The van der Waals surface area contributed by atoms with Gasteiger partial charge in [0.1, 0.15) is 0 Å². The van der Waals surface area contributed by atoms with Crippen LogP contribution in [0.15, 0.2) is 29.3 Å². The van der Waals surface area contributed by atoms with Crippen LogP contribution in [0, 0.1) is 13.8 Å². The molecule has 0 aromatic heterocycles. The number of hydrogen-bond donors (Lipinski definition) is 1. The first-order valence-corrected chi connectivity index (χ1v) is 5.14. The van der Waals surface area contributed by atoms with Gasteiger partial charge in [-0.25, -0.2) is 0 Å². The van der Waals surface area contributed by atoms with Crippen LogP contribution in [0.1, 0.15) is 18.1 Å². The summed E-state index contributed by atoms with van der Waals surface area (Å²) >= 11 is 5.59. The molecule has 0 atom stereocenters. The largest absolute Gasteiger partial charge is 0.381 e. The fourth-order valence-corrected chi connectivity index (χ4v) is 1.28. The van der Waals surface area contributed by atoms with Crippen LogP contribution in [0.2, 0.25) is 0 Å². The molecule has 0 saturated heterocycles. The second-order valence-corrected chi connectivity index (χ2v) is 3.85. The highest BCUT2D eigenvalue weighted by Crippen LogP contribution is 2.16. The maximum atomic E-state index is 5.59. The predicted molar refractivity (Wildman–Crippen MR) is 64.0 cm³/mol. The zero-order valence-corrected chi connectivity index (χ0v) is 9.65. The number of hydrogen-bond acceptors (Lipinski definition) is 1. The van der Waals surface area contributed by atoms with E-state index >= 15 is 0 Å². The van der Waals surface area contributed by atoms with Gasteiger partial charge in [0.05, 0.1) is 0 Å². The quantitative estimate of drug-likeness (QED) is 0.797. The van der Waals surface area contributed by atoms with Gasteiger partial charge in [-0.05, 0) is 43.5 Å². The van der Waals surface area contributed by atoms with E-state index < -0.39 is 0 Å². The minimum Gasteiger partial charge on any atom is -0.381 e. The molecule has 0 bridgehead atoms. The van der Waals surface area contributed by atoms with Crippen LogP contribution < -0.4 is 5.32 Å². The normalized spacial score (nSPS) is 11.6. The van der Waals surface area contributed by atoms with E-state index in [0.717, 1.165) is 12.1 Å². The Balaban J connectivity index is 2.71. The maximum Gasteiger partial charge on any atom is 0.0375 e. The van der Waals surface area contributed by atoms with Gasteiger partial charge in [-0.1, -0.05) is 23.7 Å². The molecule has 0 amide bonds. The highest BCUT2D eigenvalue weighted by atomic mass is 35.5.